The van der Waals surface area contributed by atoms with Gasteiger partial charge < -0.3 is 9.80 Å². The van der Waals surface area contributed by atoms with Crippen LogP contribution in [0.25, 0.3) is 0 Å². The van der Waals surface area contributed by atoms with E-state index in [1.165, 1.54) is 37.1 Å². The molecular weight excluding hydrogens is 296 g/mol. The quantitative estimate of drug-likeness (QED) is 0.792. The minimum absolute atomic E-state index is 0.122. The third-order valence-electron chi connectivity index (χ3n) is 5.16. The van der Waals surface area contributed by atoms with Gasteiger partial charge in [0.25, 0.3) is 0 Å². The van der Waals surface area contributed by atoms with Gasteiger partial charge in [0, 0.05) is 48.7 Å². The van der Waals surface area contributed by atoms with Gasteiger partial charge in [0.1, 0.15) is 0 Å². The molecule has 0 bridgehead atoms. The zero-order chi connectivity index (χ0) is 16.4. The van der Waals surface area contributed by atoms with Crippen LogP contribution in [0, 0.1) is 0 Å². The molecule has 0 N–H and O–H groups in total. The molecule has 2 fully saturated rings. The van der Waals surface area contributed by atoms with E-state index in [0.29, 0.717) is 0 Å². The van der Waals surface area contributed by atoms with Gasteiger partial charge >= 0.3 is 0 Å². The van der Waals surface area contributed by atoms with E-state index in [4.69, 9.17) is 0 Å². The fourth-order valence-electron chi connectivity index (χ4n) is 3.81. The van der Waals surface area contributed by atoms with E-state index in [9.17, 15) is 4.79 Å². The monoisotopic (exact) mass is 320 g/mol. The number of rotatable bonds is 4. The molecule has 0 saturated carbocycles. The van der Waals surface area contributed by atoms with Crippen molar-refractivity contribution in [2.75, 3.05) is 36.0 Å². The number of anilines is 2. The minimum atomic E-state index is 0.122. The molecular formula is C21H24N2O. The van der Waals surface area contributed by atoms with Crippen molar-refractivity contribution in [2.45, 2.75) is 25.7 Å². The molecule has 2 aliphatic heterocycles. The zero-order valence-corrected chi connectivity index (χ0v) is 14.1. The highest BCUT2D eigenvalue weighted by Gasteiger charge is 2.17. The van der Waals surface area contributed by atoms with Crippen LogP contribution in [0.4, 0.5) is 11.4 Å². The Balaban J connectivity index is 1.59. The predicted molar refractivity (Wildman–Crippen MR) is 99.2 cm³/mol. The van der Waals surface area contributed by atoms with Gasteiger partial charge in [-0.25, -0.2) is 0 Å². The van der Waals surface area contributed by atoms with E-state index >= 15 is 0 Å². The summed E-state index contributed by atoms with van der Waals surface area (Å²) in [5, 5.41) is 0. The van der Waals surface area contributed by atoms with Crippen LogP contribution in [0.1, 0.15) is 41.6 Å². The van der Waals surface area contributed by atoms with Gasteiger partial charge in [0.2, 0.25) is 0 Å². The summed E-state index contributed by atoms with van der Waals surface area (Å²) in [5.74, 6) is 0.122. The summed E-state index contributed by atoms with van der Waals surface area (Å²) in [5.41, 5.74) is 3.93. The summed E-state index contributed by atoms with van der Waals surface area (Å²) in [7, 11) is 0. The fraction of sp³-hybridized carbons (Fsp3) is 0.381. The van der Waals surface area contributed by atoms with E-state index in [2.05, 4.69) is 34.1 Å². The molecule has 0 amide bonds. The molecule has 2 aromatic carbocycles. The highest BCUT2D eigenvalue weighted by atomic mass is 16.1. The first-order valence-corrected chi connectivity index (χ1v) is 9.06. The van der Waals surface area contributed by atoms with Crippen LogP contribution in [0.3, 0.4) is 0 Å². The van der Waals surface area contributed by atoms with Crippen LogP contribution in [-0.4, -0.2) is 32.0 Å². The van der Waals surface area contributed by atoms with Crippen molar-refractivity contribution in [1.82, 2.24) is 0 Å². The number of carbonyl (C=O) groups excluding carboxylic acids is 1. The van der Waals surface area contributed by atoms with Gasteiger partial charge in [-0.3, -0.25) is 4.79 Å². The van der Waals surface area contributed by atoms with Gasteiger partial charge in [0.05, 0.1) is 0 Å². The van der Waals surface area contributed by atoms with Crippen molar-refractivity contribution in [2.24, 2.45) is 0 Å². The maximum absolute atomic E-state index is 12.9. The molecule has 24 heavy (non-hydrogen) atoms. The maximum Gasteiger partial charge on any atom is 0.193 e. The molecule has 0 atom stereocenters. The lowest BCUT2D eigenvalue weighted by molar-refractivity contribution is 0.103. The molecule has 3 heteroatoms. The Morgan fingerprint density at radius 1 is 0.667 bits per heavy atom. The summed E-state index contributed by atoms with van der Waals surface area (Å²) in [6.45, 7) is 4.40. The Hall–Kier alpha value is -2.29. The van der Waals surface area contributed by atoms with Crippen LogP contribution < -0.4 is 9.80 Å². The predicted octanol–water partition coefficient (Wildman–Crippen LogP) is 4.12. The number of ketones is 1. The van der Waals surface area contributed by atoms with E-state index in [1.807, 2.05) is 24.3 Å². The second kappa shape index (κ2) is 6.68. The first kappa shape index (κ1) is 15.3. The summed E-state index contributed by atoms with van der Waals surface area (Å²) >= 11 is 0. The van der Waals surface area contributed by atoms with Gasteiger partial charge in [-0.2, -0.15) is 0 Å². The lowest BCUT2D eigenvalue weighted by atomic mass is 10.0. The average Bonchev–Trinajstić information content (AvgIpc) is 3.35. The highest BCUT2D eigenvalue weighted by Crippen LogP contribution is 2.25. The van der Waals surface area contributed by atoms with Gasteiger partial charge in [-0.1, -0.05) is 24.3 Å². The van der Waals surface area contributed by atoms with E-state index in [1.54, 1.807) is 0 Å². The van der Waals surface area contributed by atoms with Crippen molar-refractivity contribution in [1.29, 1.82) is 0 Å². The Morgan fingerprint density at radius 2 is 1.08 bits per heavy atom. The molecule has 2 heterocycles. The smallest absolute Gasteiger partial charge is 0.193 e. The molecule has 0 unspecified atom stereocenters. The topological polar surface area (TPSA) is 23.6 Å². The molecule has 3 nitrogen and oxygen atoms in total. The zero-order valence-electron chi connectivity index (χ0n) is 14.1. The second-order valence-electron chi connectivity index (χ2n) is 6.82. The normalized spacial score (nSPS) is 17.5. The fourth-order valence-corrected chi connectivity index (χ4v) is 3.81. The standard InChI is InChI=1S/C21H24N2O/c24-21(17-7-5-9-19(15-17)22-11-1-2-12-22)18-8-6-10-20(16-18)23-13-3-4-14-23/h5-10,15-16H,1-4,11-14H2. The van der Waals surface area contributed by atoms with Crippen LogP contribution in [-0.2, 0) is 0 Å². The lowest BCUT2D eigenvalue weighted by Crippen LogP contribution is -2.18. The Kier molecular flexibility index (Phi) is 4.24. The van der Waals surface area contributed by atoms with Crippen LogP contribution in [0.15, 0.2) is 48.5 Å². The van der Waals surface area contributed by atoms with E-state index in [0.717, 1.165) is 37.3 Å². The van der Waals surface area contributed by atoms with Crippen LogP contribution >= 0.6 is 0 Å². The van der Waals surface area contributed by atoms with Crippen LogP contribution in [0.5, 0.6) is 0 Å². The third kappa shape index (κ3) is 3.03. The number of nitrogens with zero attached hydrogens (tertiary/aromatic N) is 2. The number of benzene rings is 2. The summed E-state index contributed by atoms with van der Waals surface area (Å²) in [6, 6.07) is 16.2. The van der Waals surface area contributed by atoms with Gasteiger partial charge in [-0.15, -0.1) is 0 Å². The number of hydrogen-bond donors (Lipinski definition) is 0. The molecule has 0 spiro atoms. The van der Waals surface area contributed by atoms with Crippen molar-refractivity contribution in [3.05, 3.63) is 59.7 Å². The second-order valence-corrected chi connectivity index (χ2v) is 6.82. The molecule has 4 rings (SSSR count). The summed E-state index contributed by atoms with van der Waals surface area (Å²) in [4.78, 5) is 17.7. The average molecular weight is 320 g/mol. The van der Waals surface area contributed by atoms with Crippen molar-refractivity contribution < 1.29 is 4.79 Å². The molecule has 124 valence electrons. The van der Waals surface area contributed by atoms with Crippen molar-refractivity contribution in [3.63, 3.8) is 0 Å². The summed E-state index contributed by atoms with van der Waals surface area (Å²) < 4.78 is 0. The Labute approximate surface area is 143 Å². The number of carbonyl (C=O) groups is 1. The van der Waals surface area contributed by atoms with Crippen molar-refractivity contribution >= 4 is 17.2 Å². The van der Waals surface area contributed by atoms with Gasteiger partial charge in [-0.05, 0) is 49.9 Å². The third-order valence-corrected chi connectivity index (χ3v) is 5.16. The van der Waals surface area contributed by atoms with E-state index < -0.39 is 0 Å². The minimum Gasteiger partial charge on any atom is -0.372 e. The molecule has 0 aromatic heterocycles. The lowest BCUT2D eigenvalue weighted by Gasteiger charge is -2.19. The SMILES string of the molecule is O=C(c1cccc(N2CCCC2)c1)c1cccc(N2CCCC2)c1. The Morgan fingerprint density at radius 3 is 1.50 bits per heavy atom. The first-order valence-electron chi connectivity index (χ1n) is 9.06. The molecule has 0 radical (unpaired) electrons. The van der Waals surface area contributed by atoms with Crippen LogP contribution in [0.2, 0.25) is 0 Å². The number of hydrogen-bond acceptors (Lipinski definition) is 3. The molecule has 2 saturated heterocycles. The summed E-state index contributed by atoms with van der Waals surface area (Å²) in [6.07, 6.45) is 4.98. The molecule has 2 aliphatic rings. The largest absolute Gasteiger partial charge is 0.372 e. The highest BCUT2D eigenvalue weighted by molar-refractivity contribution is 6.09. The molecule has 2 aromatic rings. The van der Waals surface area contributed by atoms with Crippen molar-refractivity contribution in [3.8, 4) is 0 Å². The Bertz CT molecular complexity index is 667. The van der Waals surface area contributed by atoms with Gasteiger partial charge in [0.15, 0.2) is 5.78 Å². The van der Waals surface area contributed by atoms with E-state index in [-0.39, 0.29) is 5.78 Å². The maximum atomic E-state index is 12.9. The first-order chi connectivity index (χ1) is 11.8. The molecule has 0 aliphatic carbocycles.